The number of rotatable bonds is 7. The van der Waals surface area contributed by atoms with Crippen LogP contribution in [0.5, 0.6) is 0 Å². The molecule has 0 fully saturated rings. The third kappa shape index (κ3) is 5.21. The second-order valence-electron chi connectivity index (χ2n) is 5.77. The van der Waals surface area contributed by atoms with Crippen LogP contribution in [0.15, 0.2) is 54.1 Å². The van der Waals surface area contributed by atoms with Crippen molar-refractivity contribution in [1.82, 2.24) is 0 Å². The van der Waals surface area contributed by atoms with Crippen LogP contribution in [-0.2, 0) is 0 Å². The van der Waals surface area contributed by atoms with Crippen LogP contribution >= 0.6 is 11.3 Å². The number of anilines is 1. The van der Waals surface area contributed by atoms with Crippen molar-refractivity contribution in [2.24, 2.45) is 0 Å². The van der Waals surface area contributed by atoms with Crippen molar-refractivity contribution in [1.29, 1.82) is 15.8 Å². The maximum Gasteiger partial charge on any atom is 0.148 e. The molecule has 0 aliphatic rings. The minimum atomic E-state index is -0.159. The summed E-state index contributed by atoms with van der Waals surface area (Å²) in [4.78, 5) is 3.87. The van der Waals surface area contributed by atoms with E-state index in [0.717, 1.165) is 23.5 Å². The third-order valence-electron chi connectivity index (χ3n) is 4.14. The van der Waals surface area contributed by atoms with Gasteiger partial charge in [0.15, 0.2) is 0 Å². The van der Waals surface area contributed by atoms with Crippen LogP contribution in [0.1, 0.15) is 29.2 Å². The first-order valence-electron chi connectivity index (χ1n) is 8.91. The average Bonchev–Trinajstić information content (AvgIpc) is 3.19. The molecule has 5 heteroatoms. The van der Waals surface area contributed by atoms with Gasteiger partial charge < -0.3 is 4.90 Å². The van der Waals surface area contributed by atoms with Gasteiger partial charge in [-0.2, -0.15) is 15.8 Å². The predicted molar refractivity (Wildman–Crippen MR) is 116 cm³/mol. The lowest BCUT2D eigenvalue weighted by Gasteiger charge is -2.20. The first-order chi connectivity index (χ1) is 13.7. The van der Waals surface area contributed by atoms with Crippen molar-refractivity contribution in [3.8, 4) is 18.2 Å². The third-order valence-corrected chi connectivity index (χ3v) is 5.21. The molecule has 4 nitrogen and oxygen atoms in total. The zero-order valence-corrected chi connectivity index (χ0v) is 16.7. The molecule has 2 aromatic rings. The van der Waals surface area contributed by atoms with Gasteiger partial charge in [-0.1, -0.05) is 30.4 Å². The molecule has 0 aliphatic heterocycles. The van der Waals surface area contributed by atoms with Gasteiger partial charge in [-0.15, -0.1) is 11.3 Å². The first kappa shape index (κ1) is 20.7. The van der Waals surface area contributed by atoms with E-state index < -0.39 is 0 Å². The van der Waals surface area contributed by atoms with E-state index in [9.17, 15) is 5.26 Å². The summed E-state index contributed by atoms with van der Waals surface area (Å²) in [6.07, 6.45) is 7.85. The Bertz CT molecular complexity index is 998. The zero-order chi connectivity index (χ0) is 20.4. The summed E-state index contributed by atoms with van der Waals surface area (Å²) in [5.74, 6) is 0. The van der Waals surface area contributed by atoms with Gasteiger partial charge in [-0.3, -0.25) is 0 Å². The Labute approximate surface area is 170 Å². The summed E-state index contributed by atoms with van der Waals surface area (Å²) >= 11 is 1.37. The van der Waals surface area contributed by atoms with Gasteiger partial charge in [0, 0.05) is 28.5 Å². The second-order valence-corrected chi connectivity index (χ2v) is 6.88. The Morgan fingerprint density at radius 2 is 1.54 bits per heavy atom. The van der Waals surface area contributed by atoms with Gasteiger partial charge in [0.05, 0.1) is 5.57 Å². The minimum Gasteiger partial charge on any atom is -0.372 e. The molecule has 0 N–H and O–H groups in total. The Balaban J connectivity index is 2.07. The number of allylic oxidation sites excluding steroid dienone is 4. The maximum atomic E-state index is 9.21. The van der Waals surface area contributed by atoms with Gasteiger partial charge in [0.2, 0.25) is 0 Å². The average molecular weight is 385 g/mol. The van der Waals surface area contributed by atoms with Crippen LogP contribution in [0.3, 0.4) is 0 Å². The van der Waals surface area contributed by atoms with Gasteiger partial charge in [-0.25, -0.2) is 0 Å². The van der Waals surface area contributed by atoms with E-state index in [4.69, 9.17) is 10.5 Å². The molecule has 0 unspecified atom stereocenters. The van der Waals surface area contributed by atoms with Crippen molar-refractivity contribution in [2.75, 3.05) is 18.0 Å². The zero-order valence-electron chi connectivity index (χ0n) is 15.9. The Kier molecular flexibility index (Phi) is 7.79. The van der Waals surface area contributed by atoms with Gasteiger partial charge in [0.1, 0.15) is 23.8 Å². The number of thiophene rings is 1. The summed E-state index contributed by atoms with van der Waals surface area (Å²) in [5, 5.41) is 27.1. The fourth-order valence-corrected chi connectivity index (χ4v) is 3.57. The van der Waals surface area contributed by atoms with Crippen molar-refractivity contribution in [2.45, 2.75) is 13.8 Å². The number of hydrogen-bond donors (Lipinski definition) is 0. The molecule has 1 aromatic carbocycles. The second kappa shape index (κ2) is 10.5. The fourth-order valence-electron chi connectivity index (χ4n) is 2.65. The van der Waals surface area contributed by atoms with Crippen LogP contribution in [0, 0.1) is 34.0 Å². The molecule has 0 spiro atoms. The van der Waals surface area contributed by atoms with Crippen LogP contribution in [0.25, 0.3) is 17.7 Å². The predicted octanol–water partition coefficient (Wildman–Crippen LogP) is 5.65. The number of nitriles is 3. The number of benzene rings is 1. The highest BCUT2D eigenvalue weighted by Gasteiger charge is 2.10. The highest BCUT2D eigenvalue weighted by Crippen LogP contribution is 2.27. The lowest BCUT2D eigenvalue weighted by Crippen LogP contribution is -2.21. The molecule has 138 valence electrons. The van der Waals surface area contributed by atoms with Crippen molar-refractivity contribution >= 4 is 34.7 Å². The van der Waals surface area contributed by atoms with Crippen molar-refractivity contribution in [3.05, 3.63) is 69.4 Å². The molecular weight excluding hydrogens is 364 g/mol. The lowest BCUT2D eigenvalue weighted by molar-refractivity contribution is 0.866. The highest BCUT2D eigenvalue weighted by molar-refractivity contribution is 7.14. The normalized spacial score (nSPS) is 10.4. The van der Waals surface area contributed by atoms with Crippen molar-refractivity contribution < 1.29 is 0 Å². The molecule has 0 amide bonds. The molecule has 0 saturated carbocycles. The van der Waals surface area contributed by atoms with E-state index >= 15 is 0 Å². The monoisotopic (exact) mass is 384 g/mol. The molecule has 0 saturated heterocycles. The summed E-state index contributed by atoms with van der Waals surface area (Å²) in [7, 11) is 0. The smallest absolute Gasteiger partial charge is 0.148 e. The Morgan fingerprint density at radius 3 is 2.11 bits per heavy atom. The van der Waals surface area contributed by atoms with Crippen LogP contribution in [-0.4, -0.2) is 13.1 Å². The Hall–Kier alpha value is -3.59. The fraction of sp³-hybridized carbons (Fsp3) is 0.174. The Morgan fingerprint density at radius 1 is 0.893 bits per heavy atom. The topological polar surface area (TPSA) is 74.6 Å². The molecular formula is C23H20N4S. The van der Waals surface area contributed by atoms with E-state index in [1.807, 2.05) is 36.4 Å². The molecule has 0 bridgehead atoms. The molecule has 1 heterocycles. The highest BCUT2D eigenvalue weighted by atomic mass is 32.1. The van der Waals surface area contributed by atoms with Crippen LogP contribution < -0.4 is 4.90 Å². The summed E-state index contributed by atoms with van der Waals surface area (Å²) in [5.41, 5.74) is 2.31. The van der Waals surface area contributed by atoms with E-state index in [2.05, 4.69) is 43.0 Å². The van der Waals surface area contributed by atoms with E-state index in [-0.39, 0.29) is 11.1 Å². The summed E-state index contributed by atoms with van der Waals surface area (Å²) in [6.45, 7) is 6.28. The van der Waals surface area contributed by atoms with Crippen molar-refractivity contribution in [3.63, 3.8) is 0 Å². The standard InChI is InChI=1S/C23H20N4S/c1-3-27(4-2)20-11-9-18(10-12-20)7-5-6-8-21-13-14-23(28-21)22(17-26)19(15-24)16-25/h5-14H,3-4H2,1-2H3/b7-5+,8-6+. The molecule has 0 atom stereocenters. The molecule has 2 rings (SSSR count). The van der Waals surface area contributed by atoms with Gasteiger partial charge >= 0.3 is 0 Å². The molecule has 28 heavy (non-hydrogen) atoms. The van der Waals surface area contributed by atoms with E-state index in [1.54, 1.807) is 18.2 Å². The van der Waals surface area contributed by atoms with E-state index in [0.29, 0.717) is 4.88 Å². The quantitative estimate of drug-likeness (QED) is 0.457. The van der Waals surface area contributed by atoms with Crippen LogP contribution in [0.4, 0.5) is 5.69 Å². The summed E-state index contributed by atoms with van der Waals surface area (Å²) in [6, 6.07) is 17.5. The summed E-state index contributed by atoms with van der Waals surface area (Å²) < 4.78 is 0. The lowest BCUT2D eigenvalue weighted by atomic mass is 10.1. The number of nitrogens with zero attached hydrogens (tertiary/aromatic N) is 4. The largest absolute Gasteiger partial charge is 0.372 e. The first-order valence-corrected chi connectivity index (χ1v) is 9.73. The van der Waals surface area contributed by atoms with Gasteiger partial charge in [0.25, 0.3) is 0 Å². The molecule has 1 aromatic heterocycles. The number of hydrogen-bond acceptors (Lipinski definition) is 5. The maximum absolute atomic E-state index is 9.21. The van der Waals surface area contributed by atoms with E-state index in [1.165, 1.54) is 17.0 Å². The van der Waals surface area contributed by atoms with Crippen LogP contribution in [0.2, 0.25) is 0 Å². The van der Waals surface area contributed by atoms with Gasteiger partial charge in [-0.05, 0) is 49.8 Å². The molecule has 0 radical (unpaired) electrons. The molecule has 0 aliphatic carbocycles. The minimum absolute atomic E-state index is 0.124. The SMILES string of the molecule is CCN(CC)c1ccc(/C=C/C=C/c2ccc(C(C#N)=C(C#N)C#N)s2)cc1.